The third-order valence-corrected chi connectivity index (χ3v) is 5.52. The van der Waals surface area contributed by atoms with Crippen molar-refractivity contribution >= 4 is 17.5 Å². The van der Waals surface area contributed by atoms with Crippen LogP contribution in [0.5, 0.6) is 0 Å². The van der Waals surface area contributed by atoms with Crippen LogP contribution in [0.2, 0.25) is 0 Å². The van der Waals surface area contributed by atoms with Crippen LogP contribution in [0.1, 0.15) is 25.7 Å². The minimum absolute atomic E-state index is 0.0204. The van der Waals surface area contributed by atoms with E-state index in [1.807, 2.05) is 4.90 Å². The number of ether oxygens (including phenoxy) is 1. The van der Waals surface area contributed by atoms with Gasteiger partial charge in [0.1, 0.15) is 11.4 Å². The minimum atomic E-state index is -0.830. The van der Waals surface area contributed by atoms with Crippen molar-refractivity contribution in [3.8, 4) is 0 Å². The molecule has 0 aliphatic carbocycles. The van der Waals surface area contributed by atoms with E-state index >= 15 is 0 Å². The van der Waals surface area contributed by atoms with E-state index in [1.165, 1.54) is 12.1 Å². The van der Waals surface area contributed by atoms with Crippen molar-refractivity contribution in [2.24, 2.45) is 5.92 Å². The number of likely N-dealkylation sites (N-methyl/N-ethyl adjacent to an activating group) is 1. The summed E-state index contributed by atoms with van der Waals surface area (Å²) >= 11 is 0. The van der Waals surface area contributed by atoms with E-state index in [0.717, 1.165) is 12.8 Å². The topological polar surface area (TPSA) is 61.9 Å². The number of carbonyl (C=O) groups is 2. The minimum Gasteiger partial charge on any atom is -0.381 e. The maximum atomic E-state index is 13.6. The summed E-state index contributed by atoms with van der Waals surface area (Å²) in [5, 5.41) is 3.27. The van der Waals surface area contributed by atoms with Crippen molar-refractivity contribution in [2.75, 3.05) is 45.7 Å². The molecule has 0 radical (unpaired) electrons. The Hall–Kier alpha value is -2.15. The number of nitrogens with zero attached hydrogens (tertiary/aromatic N) is 2. The van der Waals surface area contributed by atoms with Crippen LogP contribution in [0.3, 0.4) is 0 Å². The Kier molecular flexibility index (Phi) is 5.99. The standard InChI is InChI=1S/C20H28FN3O3/c1-23(2)19(26)20(22-17-5-3-4-16(21)14-17)8-10-24(11-9-20)18(25)15-6-12-27-13-7-15/h3-5,14-15,22H,6-13H2,1-2H3. The highest BCUT2D eigenvalue weighted by atomic mass is 19.1. The lowest BCUT2D eigenvalue weighted by Crippen LogP contribution is -2.59. The lowest BCUT2D eigenvalue weighted by Gasteiger charge is -2.43. The molecule has 0 bridgehead atoms. The van der Waals surface area contributed by atoms with Crippen molar-refractivity contribution < 1.29 is 18.7 Å². The van der Waals surface area contributed by atoms with E-state index < -0.39 is 5.54 Å². The highest BCUT2D eigenvalue weighted by Gasteiger charge is 2.44. The van der Waals surface area contributed by atoms with Gasteiger partial charge in [-0.25, -0.2) is 4.39 Å². The first-order chi connectivity index (χ1) is 12.9. The van der Waals surface area contributed by atoms with Crippen LogP contribution in [-0.2, 0) is 14.3 Å². The third kappa shape index (κ3) is 4.40. The lowest BCUT2D eigenvalue weighted by molar-refractivity contribution is -0.143. The number of benzene rings is 1. The zero-order chi connectivity index (χ0) is 19.4. The summed E-state index contributed by atoms with van der Waals surface area (Å²) in [5.41, 5.74) is -0.251. The predicted octanol–water partition coefficient (Wildman–Crippen LogP) is 2.11. The first kappa shape index (κ1) is 19.6. The van der Waals surface area contributed by atoms with Gasteiger partial charge < -0.3 is 19.9 Å². The lowest BCUT2D eigenvalue weighted by atomic mass is 9.84. The fourth-order valence-corrected chi connectivity index (χ4v) is 3.97. The molecule has 2 heterocycles. The van der Waals surface area contributed by atoms with E-state index in [1.54, 1.807) is 31.1 Å². The maximum Gasteiger partial charge on any atom is 0.247 e. The molecule has 0 unspecified atom stereocenters. The van der Waals surface area contributed by atoms with E-state index in [2.05, 4.69) is 5.32 Å². The number of hydrogen-bond donors (Lipinski definition) is 1. The van der Waals surface area contributed by atoms with Crippen LogP contribution in [0, 0.1) is 11.7 Å². The Bertz CT molecular complexity index is 681. The van der Waals surface area contributed by atoms with Crippen LogP contribution in [0.25, 0.3) is 0 Å². The van der Waals surface area contributed by atoms with E-state index in [9.17, 15) is 14.0 Å². The summed E-state index contributed by atoms with van der Waals surface area (Å²) in [5.74, 6) is -0.216. The van der Waals surface area contributed by atoms with Crippen molar-refractivity contribution in [1.82, 2.24) is 9.80 Å². The Morgan fingerprint density at radius 2 is 1.89 bits per heavy atom. The molecule has 2 aliphatic rings. The average molecular weight is 377 g/mol. The Morgan fingerprint density at radius 3 is 2.48 bits per heavy atom. The van der Waals surface area contributed by atoms with Gasteiger partial charge in [-0.1, -0.05) is 6.07 Å². The van der Waals surface area contributed by atoms with Crippen LogP contribution >= 0.6 is 0 Å². The fourth-order valence-electron chi connectivity index (χ4n) is 3.97. The number of likely N-dealkylation sites (tertiary alicyclic amines) is 1. The fraction of sp³-hybridized carbons (Fsp3) is 0.600. The smallest absolute Gasteiger partial charge is 0.247 e. The first-order valence-corrected chi connectivity index (χ1v) is 9.53. The molecule has 148 valence electrons. The molecule has 0 atom stereocenters. The zero-order valence-corrected chi connectivity index (χ0v) is 16.0. The molecule has 0 aromatic heterocycles. The first-order valence-electron chi connectivity index (χ1n) is 9.53. The molecule has 2 fully saturated rings. The monoisotopic (exact) mass is 377 g/mol. The maximum absolute atomic E-state index is 13.6. The number of carbonyl (C=O) groups excluding carboxylic acids is 2. The van der Waals surface area contributed by atoms with Crippen LogP contribution in [0.15, 0.2) is 24.3 Å². The molecular formula is C20H28FN3O3. The molecule has 1 aromatic rings. The second-order valence-corrected chi connectivity index (χ2v) is 7.63. The second-order valence-electron chi connectivity index (χ2n) is 7.63. The molecule has 2 amide bonds. The Labute approximate surface area is 159 Å². The normalized spacial score (nSPS) is 20.2. The Balaban J connectivity index is 1.72. The molecule has 2 aliphatic heterocycles. The van der Waals surface area contributed by atoms with Crippen molar-refractivity contribution in [2.45, 2.75) is 31.2 Å². The van der Waals surface area contributed by atoms with Gasteiger partial charge in [0, 0.05) is 52.0 Å². The quantitative estimate of drug-likeness (QED) is 0.873. The molecule has 7 heteroatoms. The van der Waals surface area contributed by atoms with Gasteiger partial charge in [-0.05, 0) is 43.9 Å². The summed E-state index contributed by atoms with van der Waals surface area (Å²) in [6.45, 7) is 2.29. The van der Waals surface area contributed by atoms with Crippen LogP contribution in [-0.4, -0.2) is 67.6 Å². The summed E-state index contributed by atoms with van der Waals surface area (Å²) in [6.07, 6.45) is 2.52. The molecule has 6 nitrogen and oxygen atoms in total. The average Bonchev–Trinajstić information content (AvgIpc) is 2.68. The number of halogens is 1. The summed E-state index contributed by atoms with van der Waals surface area (Å²) < 4.78 is 18.9. The number of amides is 2. The molecular weight excluding hydrogens is 349 g/mol. The second kappa shape index (κ2) is 8.25. The number of rotatable bonds is 4. The molecule has 1 aromatic carbocycles. The molecule has 27 heavy (non-hydrogen) atoms. The zero-order valence-electron chi connectivity index (χ0n) is 16.0. The van der Waals surface area contributed by atoms with Gasteiger partial charge in [0.2, 0.25) is 11.8 Å². The predicted molar refractivity (Wildman–Crippen MR) is 101 cm³/mol. The number of anilines is 1. The molecule has 0 spiro atoms. The highest BCUT2D eigenvalue weighted by Crippen LogP contribution is 2.30. The molecule has 2 saturated heterocycles. The van der Waals surface area contributed by atoms with Crippen molar-refractivity contribution in [3.63, 3.8) is 0 Å². The van der Waals surface area contributed by atoms with Crippen LogP contribution in [0.4, 0.5) is 10.1 Å². The Morgan fingerprint density at radius 1 is 1.22 bits per heavy atom. The summed E-state index contributed by atoms with van der Waals surface area (Å²) in [7, 11) is 3.44. The van der Waals surface area contributed by atoms with Crippen LogP contribution < -0.4 is 5.32 Å². The molecule has 3 rings (SSSR count). The van der Waals surface area contributed by atoms with Gasteiger partial charge in [0.25, 0.3) is 0 Å². The summed E-state index contributed by atoms with van der Waals surface area (Å²) in [4.78, 5) is 29.1. The van der Waals surface area contributed by atoms with E-state index in [0.29, 0.717) is 44.8 Å². The number of nitrogens with one attached hydrogen (secondary N) is 1. The van der Waals surface area contributed by atoms with Gasteiger partial charge in [0.05, 0.1) is 0 Å². The molecule has 0 saturated carbocycles. The summed E-state index contributed by atoms with van der Waals surface area (Å²) in [6, 6.07) is 6.15. The third-order valence-electron chi connectivity index (χ3n) is 5.52. The molecule has 1 N–H and O–H groups in total. The largest absolute Gasteiger partial charge is 0.381 e. The van der Waals surface area contributed by atoms with Crippen molar-refractivity contribution in [3.05, 3.63) is 30.1 Å². The van der Waals surface area contributed by atoms with E-state index in [4.69, 9.17) is 4.74 Å². The van der Waals surface area contributed by atoms with Gasteiger partial charge in [-0.3, -0.25) is 9.59 Å². The number of hydrogen-bond acceptors (Lipinski definition) is 4. The van der Waals surface area contributed by atoms with Gasteiger partial charge in [-0.15, -0.1) is 0 Å². The van der Waals surface area contributed by atoms with Gasteiger partial charge >= 0.3 is 0 Å². The van der Waals surface area contributed by atoms with Gasteiger partial charge in [0.15, 0.2) is 0 Å². The van der Waals surface area contributed by atoms with Gasteiger partial charge in [-0.2, -0.15) is 0 Å². The van der Waals surface area contributed by atoms with Crippen molar-refractivity contribution in [1.29, 1.82) is 0 Å². The highest BCUT2D eigenvalue weighted by molar-refractivity contribution is 5.90. The number of piperidine rings is 1. The van der Waals surface area contributed by atoms with E-state index in [-0.39, 0.29) is 23.5 Å². The SMILES string of the molecule is CN(C)C(=O)C1(Nc2cccc(F)c2)CCN(C(=O)C2CCOCC2)CC1.